The number of aliphatic carboxylic acids is 4. The van der Waals surface area contributed by atoms with Crippen molar-refractivity contribution in [2.45, 2.75) is 31.3 Å². The van der Waals surface area contributed by atoms with Crippen molar-refractivity contribution in [1.82, 2.24) is 5.32 Å². The van der Waals surface area contributed by atoms with Crippen LogP contribution in [0.3, 0.4) is 0 Å². The molecule has 9 heteroatoms. The first-order valence-electron chi connectivity index (χ1n) is 4.76. The van der Waals surface area contributed by atoms with Gasteiger partial charge in [-0.05, 0) is 6.92 Å². The molecule has 0 fully saturated rings. The average molecular weight is 263 g/mol. The molecule has 18 heavy (non-hydrogen) atoms. The number of carboxylic acids is 4. The molecule has 0 rings (SSSR count). The molecular weight excluding hydrogens is 250 g/mol. The first-order chi connectivity index (χ1) is 8.08. The maximum Gasteiger partial charge on any atom is 0.324 e. The van der Waals surface area contributed by atoms with Gasteiger partial charge in [-0.2, -0.15) is 0 Å². The molecule has 0 saturated carbocycles. The van der Waals surface area contributed by atoms with Crippen LogP contribution in [0.25, 0.3) is 0 Å². The van der Waals surface area contributed by atoms with Crippen molar-refractivity contribution in [1.29, 1.82) is 0 Å². The number of carboxylic acid groups (broad SMARTS) is 4. The summed E-state index contributed by atoms with van der Waals surface area (Å²) in [5, 5.41) is 36.7. The smallest absolute Gasteiger partial charge is 0.324 e. The number of hydrogen-bond donors (Lipinski definition) is 5. The lowest BCUT2D eigenvalue weighted by Crippen LogP contribution is -2.57. The highest BCUT2D eigenvalue weighted by Crippen LogP contribution is 2.13. The Morgan fingerprint density at radius 1 is 1.06 bits per heavy atom. The third-order valence-electron chi connectivity index (χ3n) is 2.15. The zero-order chi connectivity index (χ0) is 14.5. The van der Waals surface area contributed by atoms with Gasteiger partial charge in [-0.3, -0.25) is 24.5 Å². The largest absolute Gasteiger partial charge is 0.481 e. The Balaban J connectivity index is 5.03. The first-order valence-corrected chi connectivity index (χ1v) is 4.76. The van der Waals surface area contributed by atoms with Crippen LogP contribution < -0.4 is 5.32 Å². The van der Waals surface area contributed by atoms with Crippen LogP contribution in [0.4, 0.5) is 0 Å². The van der Waals surface area contributed by atoms with E-state index in [0.717, 1.165) is 6.92 Å². The van der Waals surface area contributed by atoms with Gasteiger partial charge < -0.3 is 20.4 Å². The van der Waals surface area contributed by atoms with Crippen molar-refractivity contribution in [2.24, 2.45) is 0 Å². The second-order valence-electron chi connectivity index (χ2n) is 3.84. The Hall–Kier alpha value is -2.16. The molecule has 0 heterocycles. The van der Waals surface area contributed by atoms with E-state index in [9.17, 15) is 19.2 Å². The van der Waals surface area contributed by atoms with Gasteiger partial charge >= 0.3 is 23.9 Å². The van der Waals surface area contributed by atoms with E-state index in [1.807, 2.05) is 5.32 Å². The summed E-state index contributed by atoms with van der Waals surface area (Å²) < 4.78 is 0. The molecule has 0 spiro atoms. The van der Waals surface area contributed by atoms with Crippen LogP contribution in [0.15, 0.2) is 0 Å². The highest BCUT2D eigenvalue weighted by molar-refractivity contribution is 5.87. The molecular formula is C9H13NO8. The summed E-state index contributed by atoms with van der Waals surface area (Å²) in [4.78, 5) is 42.6. The fourth-order valence-electron chi connectivity index (χ4n) is 1.25. The quantitative estimate of drug-likeness (QED) is 0.363. The monoisotopic (exact) mass is 263 g/mol. The minimum Gasteiger partial charge on any atom is -0.481 e. The number of carbonyl (C=O) groups is 4. The van der Waals surface area contributed by atoms with Crippen molar-refractivity contribution in [3.8, 4) is 0 Å². The second-order valence-corrected chi connectivity index (χ2v) is 3.84. The molecule has 2 unspecified atom stereocenters. The fourth-order valence-corrected chi connectivity index (χ4v) is 1.25. The summed E-state index contributed by atoms with van der Waals surface area (Å²) in [5.74, 6) is -6.05. The van der Waals surface area contributed by atoms with Gasteiger partial charge in [0, 0.05) is 0 Å². The van der Waals surface area contributed by atoms with E-state index in [2.05, 4.69) is 0 Å². The van der Waals surface area contributed by atoms with Gasteiger partial charge in [0.1, 0.15) is 11.6 Å². The summed E-state index contributed by atoms with van der Waals surface area (Å²) in [7, 11) is 0. The summed E-state index contributed by atoms with van der Waals surface area (Å²) in [6.45, 7) is 0.973. The third-order valence-corrected chi connectivity index (χ3v) is 2.15. The summed E-state index contributed by atoms with van der Waals surface area (Å²) in [6.07, 6.45) is -1.75. The highest BCUT2D eigenvalue weighted by Gasteiger charge is 2.40. The van der Waals surface area contributed by atoms with Crippen LogP contribution >= 0.6 is 0 Å². The summed E-state index contributed by atoms with van der Waals surface area (Å²) >= 11 is 0. The molecule has 0 aliphatic rings. The second kappa shape index (κ2) is 5.96. The molecule has 0 aromatic carbocycles. The molecule has 0 amide bonds. The zero-order valence-corrected chi connectivity index (χ0v) is 9.41. The van der Waals surface area contributed by atoms with Crippen LogP contribution in [0.5, 0.6) is 0 Å². The number of nitrogens with one attached hydrogen (secondary N) is 1. The Labute approximate surface area is 101 Å². The molecule has 0 aromatic rings. The van der Waals surface area contributed by atoms with E-state index in [1.54, 1.807) is 0 Å². The Bertz CT molecular complexity index is 379. The van der Waals surface area contributed by atoms with Gasteiger partial charge in [-0.1, -0.05) is 0 Å². The van der Waals surface area contributed by atoms with E-state index in [1.165, 1.54) is 0 Å². The van der Waals surface area contributed by atoms with Crippen molar-refractivity contribution in [2.75, 3.05) is 0 Å². The topological polar surface area (TPSA) is 161 Å². The lowest BCUT2D eigenvalue weighted by Gasteiger charge is -2.27. The third kappa shape index (κ3) is 4.78. The van der Waals surface area contributed by atoms with Gasteiger partial charge in [-0.25, -0.2) is 0 Å². The van der Waals surface area contributed by atoms with E-state index in [4.69, 9.17) is 20.4 Å². The summed E-state index contributed by atoms with van der Waals surface area (Å²) in [6, 6.07) is -1.69. The van der Waals surface area contributed by atoms with Gasteiger partial charge in [-0.15, -0.1) is 0 Å². The first kappa shape index (κ1) is 15.8. The van der Waals surface area contributed by atoms with Crippen molar-refractivity contribution < 1.29 is 39.6 Å². The molecule has 0 saturated heterocycles. The standard InChI is InChI=1S/C9H13NO8/c1-9(8(17)18,3-6(13)14)10-4(7(15)16)2-5(11)12/h4,10H,2-3H2,1H3,(H,11,12)(H,13,14)(H,15,16)(H,17,18). The molecule has 0 radical (unpaired) electrons. The number of hydrogen-bond acceptors (Lipinski definition) is 5. The van der Waals surface area contributed by atoms with Crippen LogP contribution in [0.2, 0.25) is 0 Å². The lowest BCUT2D eigenvalue weighted by atomic mass is 9.96. The predicted molar refractivity (Wildman–Crippen MR) is 55.1 cm³/mol. The van der Waals surface area contributed by atoms with Crippen LogP contribution in [0.1, 0.15) is 19.8 Å². The minimum absolute atomic E-state index is 0.863. The van der Waals surface area contributed by atoms with Crippen LogP contribution in [-0.4, -0.2) is 55.9 Å². The minimum atomic E-state index is -2.07. The Kier molecular flexibility index (Phi) is 5.24. The van der Waals surface area contributed by atoms with Crippen LogP contribution in [-0.2, 0) is 19.2 Å². The normalized spacial score (nSPS) is 15.4. The Morgan fingerprint density at radius 3 is 1.83 bits per heavy atom. The molecule has 0 aromatic heterocycles. The van der Waals surface area contributed by atoms with Crippen LogP contribution in [0, 0.1) is 0 Å². The van der Waals surface area contributed by atoms with Gasteiger partial charge in [0.2, 0.25) is 0 Å². The average Bonchev–Trinajstić information content (AvgIpc) is 2.13. The number of rotatable bonds is 8. The highest BCUT2D eigenvalue weighted by atomic mass is 16.4. The van der Waals surface area contributed by atoms with Crippen molar-refractivity contribution >= 4 is 23.9 Å². The van der Waals surface area contributed by atoms with Crippen molar-refractivity contribution in [3.05, 3.63) is 0 Å². The maximum absolute atomic E-state index is 10.9. The van der Waals surface area contributed by atoms with Gasteiger partial charge in [0.25, 0.3) is 0 Å². The molecule has 0 aliphatic heterocycles. The predicted octanol–water partition coefficient (Wildman–Crippen LogP) is -1.18. The van der Waals surface area contributed by atoms with Gasteiger partial charge in [0.15, 0.2) is 0 Å². The molecule has 2 atom stereocenters. The maximum atomic E-state index is 10.9. The van der Waals surface area contributed by atoms with Gasteiger partial charge in [0.05, 0.1) is 12.8 Å². The van der Waals surface area contributed by atoms with E-state index in [-0.39, 0.29) is 0 Å². The molecule has 0 bridgehead atoms. The SMILES string of the molecule is CC(CC(=O)O)(NC(CC(=O)O)C(=O)O)C(=O)O. The lowest BCUT2D eigenvalue weighted by molar-refractivity contribution is -0.154. The zero-order valence-electron chi connectivity index (χ0n) is 9.41. The summed E-state index contributed by atoms with van der Waals surface area (Å²) in [5.41, 5.74) is -2.07. The molecule has 102 valence electrons. The molecule has 5 N–H and O–H groups in total. The van der Waals surface area contributed by atoms with Crippen molar-refractivity contribution in [3.63, 3.8) is 0 Å². The van der Waals surface area contributed by atoms with E-state index in [0.29, 0.717) is 0 Å². The molecule has 9 nitrogen and oxygen atoms in total. The fraction of sp³-hybridized carbons (Fsp3) is 0.556. The molecule has 0 aliphatic carbocycles. The van der Waals surface area contributed by atoms with E-state index < -0.39 is 48.3 Å². The van der Waals surface area contributed by atoms with E-state index >= 15 is 0 Å². The Morgan fingerprint density at radius 2 is 1.56 bits per heavy atom.